The van der Waals surface area contributed by atoms with Crippen LogP contribution in [-0.2, 0) is 0 Å². The van der Waals surface area contributed by atoms with E-state index in [9.17, 15) is 0 Å². The molecule has 0 amide bonds. The first-order valence-electron chi connectivity index (χ1n) is 2.13. The van der Waals surface area contributed by atoms with E-state index in [1.807, 2.05) is 0 Å². The highest BCUT2D eigenvalue weighted by Gasteiger charge is 1.94. The minimum Gasteiger partial charge on any atom is -0.162 e. The highest BCUT2D eigenvalue weighted by molar-refractivity contribution is 6.65. The molecule has 1 heterocycles. The molecule has 1 aliphatic rings. The second kappa shape index (κ2) is 2.07. The van der Waals surface area contributed by atoms with Crippen LogP contribution < -0.4 is 0 Å². The monoisotopic (exact) mass is 116 g/mol. The van der Waals surface area contributed by atoms with Crippen molar-refractivity contribution in [2.75, 3.05) is 0 Å². The lowest BCUT2D eigenvalue weighted by atomic mass is 10.3. The first kappa shape index (κ1) is 4.78. The van der Waals surface area contributed by atoms with Gasteiger partial charge in [0.25, 0.3) is 0 Å². The van der Waals surface area contributed by atoms with Gasteiger partial charge in [0.1, 0.15) is 5.17 Å². The minimum atomic E-state index is 0.613. The summed E-state index contributed by atoms with van der Waals surface area (Å²) in [5.74, 6) is 0. The van der Waals surface area contributed by atoms with E-state index in [4.69, 9.17) is 11.6 Å². The SMILES string of the molecule is ClC1=NN=CCC1. The fourth-order valence-corrected chi connectivity index (χ4v) is 0.548. The molecule has 0 bridgehead atoms. The Morgan fingerprint density at radius 2 is 2.57 bits per heavy atom. The second-order valence-electron chi connectivity index (χ2n) is 1.31. The summed E-state index contributed by atoms with van der Waals surface area (Å²) >= 11 is 5.45. The Kier molecular flexibility index (Phi) is 1.42. The molecule has 0 unspecified atom stereocenters. The molecule has 0 atom stereocenters. The van der Waals surface area contributed by atoms with Gasteiger partial charge in [-0.05, 0) is 6.42 Å². The zero-order valence-electron chi connectivity index (χ0n) is 3.76. The van der Waals surface area contributed by atoms with Gasteiger partial charge < -0.3 is 0 Å². The van der Waals surface area contributed by atoms with Gasteiger partial charge in [0.15, 0.2) is 0 Å². The Hall–Kier alpha value is -0.370. The third-order valence-corrected chi connectivity index (χ3v) is 0.992. The van der Waals surface area contributed by atoms with E-state index in [0.29, 0.717) is 5.17 Å². The summed E-state index contributed by atoms with van der Waals surface area (Å²) in [6, 6.07) is 0. The zero-order valence-corrected chi connectivity index (χ0v) is 4.52. The molecule has 0 saturated heterocycles. The van der Waals surface area contributed by atoms with Gasteiger partial charge in [0.05, 0.1) is 0 Å². The van der Waals surface area contributed by atoms with Crippen molar-refractivity contribution < 1.29 is 0 Å². The number of hydrogen-bond donors (Lipinski definition) is 0. The molecule has 0 N–H and O–H groups in total. The summed E-state index contributed by atoms with van der Waals surface area (Å²) in [6.45, 7) is 0. The minimum absolute atomic E-state index is 0.613. The molecule has 7 heavy (non-hydrogen) atoms. The average molecular weight is 117 g/mol. The smallest absolute Gasteiger partial charge is 0.129 e. The molecular weight excluding hydrogens is 112 g/mol. The molecular formula is C4H5ClN2. The van der Waals surface area contributed by atoms with Crippen molar-refractivity contribution >= 4 is 23.0 Å². The zero-order chi connectivity index (χ0) is 5.11. The van der Waals surface area contributed by atoms with Crippen molar-refractivity contribution in [1.29, 1.82) is 0 Å². The van der Waals surface area contributed by atoms with Crippen molar-refractivity contribution in [3.63, 3.8) is 0 Å². The first-order valence-corrected chi connectivity index (χ1v) is 2.51. The molecule has 0 spiro atoms. The van der Waals surface area contributed by atoms with Crippen LogP contribution >= 0.6 is 11.6 Å². The topological polar surface area (TPSA) is 24.7 Å². The summed E-state index contributed by atoms with van der Waals surface area (Å²) in [5, 5.41) is 7.78. The maximum absolute atomic E-state index is 5.45. The molecule has 38 valence electrons. The highest BCUT2D eigenvalue weighted by Crippen LogP contribution is 2.00. The number of hydrogen-bond acceptors (Lipinski definition) is 2. The van der Waals surface area contributed by atoms with Gasteiger partial charge in [-0.25, -0.2) is 0 Å². The Morgan fingerprint density at radius 1 is 1.71 bits per heavy atom. The third kappa shape index (κ3) is 1.27. The van der Waals surface area contributed by atoms with Crippen LogP contribution in [0.5, 0.6) is 0 Å². The molecule has 0 fully saturated rings. The van der Waals surface area contributed by atoms with E-state index >= 15 is 0 Å². The van der Waals surface area contributed by atoms with Crippen molar-refractivity contribution in [3.8, 4) is 0 Å². The van der Waals surface area contributed by atoms with Crippen molar-refractivity contribution in [2.45, 2.75) is 12.8 Å². The number of rotatable bonds is 0. The first-order chi connectivity index (χ1) is 3.39. The summed E-state index contributed by atoms with van der Waals surface area (Å²) in [4.78, 5) is 0. The lowest BCUT2D eigenvalue weighted by Crippen LogP contribution is -1.91. The van der Waals surface area contributed by atoms with Crippen molar-refractivity contribution in [2.24, 2.45) is 10.2 Å². The van der Waals surface area contributed by atoms with Gasteiger partial charge in [0, 0.05) is 12.6 Å². The standard InChI is InChI=1S/C4H5ClN2/c5-4-2-1-3-6-7-4/h3H,1-2H2. The fourth-order valence-electron chi connectivity index (χ4n) is 0.395. The summed E-state index contributed by atoms with van der Waals surface area (Å²) in [6.07, 6.45) is 3.54. The highest BCUT2D eigenvalue weighted by atomic mass is 35.5. The van der Waals surface area contributed by atoms with Crippen LogP contribution in [0, 0.1) is 0 Å². The van der Waals surface area contributed by atoms with E-state index < -0.39 is 0 Å². The summed E-state index contributed by atoms with van der Waals surface area (Å²) < 4.78 is 0. The van der Waals surface area contributed by atoms with Crippen LogP contribution in [0.15, 0.2) is 10.2 Å². The van der Waals surface area contributed by atoms with E-state index in [2.05, 4.69) is 10.2 Å². The van der Waals surface area contributed by atoms with Crippen LogP contribution in [-0.4, -0.2) is 11.4 Å². The molecule has 1 rings (SSSR count). The largest absolute Gasteiger partial charge is 0.162 e. The normalized spacial score (nSPS) is 19.3. The van der Waals surface area contributed by atoms with Gasteiger partial charge in [-0.2, -0.15) is 5.10 Å². The van der Waals surface area contributed by atoms with Crippen LogP contribution in [0.2, 0.25) is 0 Å². The average Bonchev–Trinajstić information content (AvgIpc) is 1.69. The van der Waals surface area contributed by atoms with Crippen LogP contribution in [0.25, 0.3) is 0 Å². The molecule has 0 aromatic carbocycles. The van der Waals surface area contributed by atoms with E-state index in [0.717, 1.165) is 12.8 Å². The van der Waals surface area contributed by atoms with E-state index in [1.165, 1.54) is 0 Å². The molecule has 3 heteroatoms. The molecule has 0 aromatic heterocycles. The van der Waals surface area contributed by atoms with Gasteiger partial charge in [-0.15, -0.1) is 5.10 Å². The molecule has 1 aliphatic heterocycles. The second-order valence-corrected chi connectivity index (χ2v) is 1.75. The Labute approximate surface area is 46.9 Å². The van der Waals surface area contributed by atoms with Crippen molar-refractivity contribution in [3.05, 3.63) is 0 Å². The van der Waals surface area contributed by atoms with E-state index in [1.54, 1.807) is 6.21 Å². The van der Waals surface area contributed by atoms with Gasteiger partial charge in [-0.1, -0.05) is 11.6 Å². The van der Waals surface area contributed by atoms with Crippen molar-refractivity contribution in [1.82, 2.24) is 0 Å². The summed E-state index contributed by atoms with van der Waals surface area (Å²) in [5.41, 5.74) is 0. The van der Waals surface area contributed by atoms with Gasteiger partial charge in [0.2, 0.25) is 0 Å². The predicted molar refractivity (Wildman–Crippen MR) is 31.0 cm³/mol. The van der Waals surface area contributed by atoms with Gasteiger partial charge >= 0.3 is 0 Å². The van der Waals surface area contributed by atoms with Crippen LogP contribution in [0.4, 0.5) is 0 Å². The fraction of sp³-hybridized carbons (Fsp3) is 0.500. The maximum atomic E-state index is 5.45. The predicted octanol–water partition coefficient (Wildman–Crippen LogP) is 1.40. The van der Waals surface area contributed by atoms with Gasteiger partial charge in [-0.3, -0.25) is 0 Å². The lowest BCUT2D eigenvalue weighted by molar-refractivity contribution is 1.08. The lowest BCUT2D eigenvalue weighted by Gasteiger charge is -1.93. The molecule has 2 nitrogen and oxygen atoms in total. The van der Waals surface area contributed by atoms with Crippen LogP contribution in [0.1, 0.15) is 12.8 Å². The Bertz CT molecular complexity index is 117. The molecule has 0 radical (unpaired) electrons. The molecule has 0 saturated carbocycles. The molecule has 0 aromatic rings. The Morgan fingerprint density at radius 3 is 2.86 bits per heavy atom. The third-order valence-electron chi connectivity index (χ3n) is 0.728. The maximum Gasteiger partial charge on any atom is 0.129 e. The number of halogens is 1. The quantitative estimate of drug-likeness (QED) is 0.457. The number of nitrogens with zero attached hydrogens (tertiary/aromatic N) is 2. The van der Waals surface area contributed by atoms with E-state index in [-0.39, 0.29) is 0 Å². The Balaban J connectivity index is 2.57. The molecule has 0 aliphatic carbocycles. The van der Waals surface area contributed by atoms with Crippen LogP contribution in [0.3, 0.4) is 0 Å². The summed E-state index contributed by atoms with van der Waals surface area (Å²) in [7, 11) is 0.